The van der Waals surface area contributed by atoms with Crippen molar-refractivity contribution in [3.63, 3.8) is 0 Å². The van der Waals surface area contributed by atoms with Gasteiger partial charge in [-0.15, -0.1) is 0 Å². The lowest BCUT2D eigenvalue weighted by Gasteiger charge is -2.44. The van der Waals surface area contributed by atoms with Crippen molar-refractivity contribution >= 4 is 5.57 Å². The zero-order chi connectivity index (χ0) is 20.1. The standard InChI is InChI=1S/C23H24F4N.BrH/c1-28(2)21-3-4-22(28)6-14(5-21)7-23(15-8-17(24)12-18(25)9-15)16-10-19(26)13-20(27)11-16;/h7-14,21-22H,3-6H2,1-2H3;1H/q+1;/p-1. The Morgan fingerprint density at radius 3 is 1.52 bits per heavy atom. The number of quaternary nitrogens is 1. The molecule has 2 aliphatic rings. The molecule has 0 spiro atoms. The highest BCUT2D eigenvalue weighted by molar-refractivity contribution is 5.80. The molecule has 2 aliphatic heterocycles. The Hall–Kier alpha value is -1.66. The summed E-state index contributed by atoms with van der Waals surface area (Å²) < 4.78 is 56.4. The van der Waals surface area contributed by atoms with Gasteiger partial charge in [0.25, 0.3) is 0 Å². The first-order chi connectivity index (χ1) is 13.2. The molecule has 0 aromatic heterocycles. The summed E-state index contributed by atoms with van der Waals surface area (Å²) in [5.74, 6) is -2.63. The second-order valence-electron chi connectivity index (χ2n) is 8.64. The number of piperidine rings is 1. The van der Waals surface area contributed by atoms with Gasteiger partial charge in [0.05, 0.1) is 26.2 Å². The fourth-order valence-corrected chi connectivity index (χ4v) is 5.07. The van der Waals surface area contributed by atoms with Gasteiger partial charge in [0.1, 0.15) is 23.3 Å². The van der Waals surface area contributed by atoms with Crippen molar-refractivity contribution < 1.29 is 39.0 Å². The monoisotopic (exact) mass is 469 g/mol. The zero-order valence-corrected chi connectivity index (χ0v) is 18.0. The summed E-state index contributed by atoms with van der Waals surface area (Å²) in [6.45, 7) is 0. The molecule has 2 atom stereocenters. The van der Waals surface area contributed by atoms with Crippen LogP contribution in [0, 0.1) is 29.2 Å². The third-order valence-electron chi connectivity index (χ3n) is 6.61. The number of halogens is 5. The van der Waals surface area contributed by atoms with Gasteiger partial charge in [-0.2, -0.15) is 0 Å². The minimum atomic E-state index is -0.709. The van der Waals surface area contributed by atoms with E-state index in [2.05, 4.69) is 14.1 Å². The molecule has 6 heteroatoms. The smallest absolute Gasteiger partial charge is 0.126 e. The van der Waals surface area contributed by atoms with Crippen LogP contribution >= 0.6 is 0 Å². The first kappa shape index (κ1) is 22.0. The molecule has 0 amide bonds. The van der Waals surface area contributed by atoms with Gasteiger partial charge in [-0.3, -0.25) is 0 Å². The first-order valence-electron chi connectivity index (χ1n) is 9.70. The second-order valence-corrected chi connectivity index (χ2v) is 8.64. The SMILES string of the molecule is C[N+]1(C)C2CCC1CC(C=C(c1cc(F)cc(F)c1)c1cc(F)cc(F)c1)C2.[Br-]. The van der Waals surface area contributed by atoms with Gasteiger partial charge >= 0.3 is 0 Å². The van der Waals surface area contributed by atoms with Crippen molar-refractivity contribution in [2.75, 3.05) is 14.1 Å². The lowest BCUT2D eigenvalue weighted by atomic mass is 9.85. The summed E-state index contributed by atoms with van der Waals surface area (Å²) in [6.07, 6.45) is 6.22. The Morgan fingerprint density at radius 2 is 1.14 bits per heavy atom. The summed E-state index contributed by atoms with van der Waals surface area (Å²) >= 11 is 0. The maximum absolute atomic E-state index is 13.9. The van der Waals surface area contributed by atoms with Crippen LogP contribution in [0.3, 0.4) is 0 Å². The number of benzene rings is 2. The molecule has 2 unspecified atom stereocenters. The quantitative estimate of drug-likeness (QED) is 0.478. The van der Waals surface area contributed by atoms with Gasteiger partial charge in [-0.05, 0) is 46.9 Å². The maximum atomic E-state index is 13.9. The number of allylic oxidation sites excluding steroid dienone is 1. The van der Waals surface area contributed by atoms with Crippen LogP contribution in [0.2, 0.25) is 0 Å². The molecule has 2 aromatic carbocycles. The first-order valence-corrected chi connectivity index (χ1v) is 9.70. The van der Waals surface area contributed by atoms with Gasteiger partial charge < -0.3 is 21.5 Å². The Labute approximate surface area is 179 Å². The normalized spacial score (nSPS) is 24.7. The fourth-order valence-electron chi connectivity index (χ4n) is 5.07. The van der Waals surface area contributed by atoms with Gasteiger partial charge in [-0.1, -0.05) is 6.08 Å². The van der Waals surface area contributed by atoms with Crippen molar-refractivity contribution in [1.82, 2.24) is 0 Å². The highest BCUT2D eigenvalue weighted by Crippen LogP contribution is 2.43. The van der Waals surface area contributed by atoms with E-state index < -0.39 is 23.3 Å². The van der Waals surface area contributed by atoms with Crippen molar-refractivity contribution in [3.05, 3.63) is 76.9 Å². The summed E-state index contributed by atoms with van der Waals surface area (Å²) in [5, 5.41) is 0. The van der Waals surface area contributed by atoms with E-state index in [9.17, 15) is 17.6 Å². The zero-order valence-electron chi connectivity index (χ0n) is 16.4. The molecule has 29 heavy (non-hydrogen) atoms. The Morgan fingerprint density at radius 1 is 0.759 bits per heavy atom. The van der Waals surface area contributed by atoms with Gasteiger partial charge in [0, 0.05) is 37.8 Å². The molecule has 2 heterocycles. The van der Waals surface area contributed by atoms with Gasteiger partial charge in [0.15, 0.2) is 0 Å². The molecule has 2 bridgehead atoms. The number of nitrogens with zero attached hydrogens (tertiary/aromatic N) is 1. The molecule has 2 fully saturated rings. The van der Waals surface area contributed by atoms with E-state index in [1.165, 1.54) is 37.1 Å². The number of hydrogen-bond donors (Lipinski definition) is 0. The van der Waals surface area contributed by atoms with E-state index in [0.29, 0.717) is 28.8 Å². The van der Waals surface area contributed by atoms with E-state index in [-0.39, 0.29) is 22.9 Å². The van der Waals surface area contributed by atoms with E-state index >= 15 is 0 Å². The topological polar surface area (TPSA) is 0 Å². The van der Waals surface area contributed by atoms with Crippen LogP contribution in [0.1, 0.15) is 36.8 Å². The highest BCUT2D eigenvalue weighted by atomic mass is 79.9. The van der Waals surface area contributed by atoms with Crippen LogP contribution < -0.4 is 17.0 Å². The molecule has 0 aliphatic carbocycles. The third kappa shape index (κ3) is 4.43. The average Bonchev–Trinajstić information content (AvgIpc) is 2.76. The molecular formula is C23H24BrF4N. The van der Waals surface area contributed by atoms with Crippen molar-refractivity contribution in [2.45, 2.75) is 37.8 Å². The maximum Gasteiger partial charge on any atom is 0.126 e. The fraction of sp³-hybridized carbons (Fsp3) is 0.391. The summed E-state index contributed by atoms with van der Waals surface area (Å²) in [4.78, 5) is 0. The van der Waals surface area contributed by atoms with Crippen molar-refractivity contribution in [3.8, 4) is 0 Å². The Bertz CT molecular complexity index is 830. The predicted octanol–water partition coefficient (Wildman–Crippen LogP) is 2.70. The number of rotatable bonds is 3. The summed E-state index contributed by atoms with van der Waals surface area (Å²) in [6, 6.07) is 7.54. The average molecular weight is 470 g/mol. The molecule has 1 nitrogen and oxygen atoms in total. The Kier molecular flexibility index (Phi) is 6.25. The molecular weight excluding hydrogens is 446 g/mol. The van der Waals surface area contributed by atoms with Crippen LogP contribution in [-0.2, 0) is 0 Å². The van der Waals surface area contributed by atoms with Crippen LogP contribution in [0.15, 0.2) is 42.5 Å². The summed E-state index contributed by atoms with van der Waals surface area (Å²) in [7, 11) is 4.51. The summed E-state index contributed by atoms with van der Waals surface area (Å²) in [5.41, 5.74) is 1.08. The minimum Gasteiger partial charge on any atom is -1.00 e. The second kappa shape index (κ2) is 8.23. The van der Waals surface area contributed by atoms with Crippen LogP contribution in [0.4, 0.5) is 17.6 Å². The van der Waals surface area contributed by atoms with Crippen LogP contribution in [0.25, 0.3) is 5.57 Å². The molecule has 156 valence electrons. The van der Waals surface area contributed by atoms with Crippen LogP contribution in [-0.4, -0.2) is 30.7 Å². The minimum absolute atomic E-state index is 0. The van der Waals surface area contributed by atoms with Crippen molar-refractivity contribution in [1.29, 1.82) is 0 Å². The van der Waals surface area contributed by atoms with E-state index in [0.717, 1.165) is 29.5 Å². The lowest BCUT2D eigenvalue weighted by Crippen LogP contribution is -3.00. The van der Waals surface area contributed by atoms with E-state index in [1.807, 2.05) is 6.08 Å². The van der Waals surface area contributed by atoms with Gasteiger partial charge in [-0.25, -0.2) is 17.6 Å². The lowest BCUT2D eigenvalue weighted by molar-refractivity contribution is -0.931. The number of fused-ring (bicyclic) bond motifs is 2. The largest absolute Gasteiger partial charge is 1.00 e. The molecule has 2 aromatic rings. The predicted molar refractivity (Wildman–Crippen MR) is 101 cm³/mol. The molecule has 0 radical (unpaired) electrons. The third-order valence-corrected chi connectivity index (χ3v) is 6.61. The molecule has 4 rings (SSSR count). The number of hydrogen-bond acceptors (Lipinski definition) is 0. The van der Waals surface area contributed by atoms with Crippen molar-refractivity contribution in [2.24, 2.45) is 5.92 Å². The highest BCUT2D eigenvalue weighted by Gasteiger charge is 2.48. The molecule has 0 N–H and O–H groups in total. The van der Waals surface area contributed by atoms with E-state index in [4.69, 9.17) is 0 Å². The van der Waals surface area contributed by atoms with E-state index in [1.54, 1.807) is 0 Å². The van der Waals surface area contributed by atoms with Gasteiger partial charge in [0.2, 0.25) is 0 Å². The molecule has 0 saturated carbocycles. The van der Waals surface area contributed by atoms with Crippen LogP contribution in [0.5, 0.6) is 0 Å². The molecule has 2 saturated heterocycles. The Balaban J connectivity index is 0.00000240.